The molecule has 0 bridgehead atoms. The molecule has 0 aliphatic heterocycles. The number of ether oxygens (including phenoxy) is 1. The number of hydrogen-bond acceptors (Lipinski definition) is 3. The number of nitrogens with zero attached hydrogens (tertiary/aromatic N) is 1. The molecule has 70 valence electrons. The Morgan fingerprint density at radius 1 is 1.77 bits per heavy atom. The molecule has 4 nitrogen and oxygen atoms in total. The molecule has 1 heterocycles. The summed E-state index contributed by atoms with van der Waals surface area (Å²) in [6.45, 7) is 1.47. The number of aromatic nitrogens is 1. The second-order valence-corrected chi connectivity index (χ2v) is 3.26. The highest BCUT2D eigenvalue weighted by Gasteiger charge is 2.13. The molecule has 5 heteroatoms. The molecule has 0 aromatic carbocycles. The Morgan fingerprint density at radius 2 is 2.46 bits per heavy atom. The highest BCUT2D eigenvalue weighted by atomic mass is 79.9. The third-order valence-corrected chi connectivity index (χ3v) is 1.98. The number of aliphatic carboxylic acids is 1. The molecule has 0 aliphatic rings. The van der Waals surface area contributed by atoms with E-state index < -0.39 is 12.1 Å². The lowest BCUT2D eigenvalue weighted by Gasteiger charge is -2.10. The van der Waals surface area contributed by atoms with Crippen molar-refractivity contribution < 1.29 is 14.6 Å². The van der Waals surface area contributed by atoms with Gasteiger partial charge in [0, 0.05) is 12.4 Å². The van der Waals surface area contributed by atoms with Gasteiger partial charge in [-0.25, -0.2) is 4.79 Å². The molecule has 1 N–H and O–H groups in total. The van der Waals surface area contributed by atoms with E-state index in [1.165, 1.54) is 13.1 Å². The normalized spacial score (nSPS) is 12.2. The van der Waals surface area contributed by atoms with Crippen molar-refractivity contribution in [3.05, 3.63) is 22.9 Å². The molecule has 1 atom stereocenters. The van der Waals surface area contributed by atoms with Crippen molar-refractivity contribution in [2.24, 2.45) is 0 Å². The summed E-state index contributed by atoms with van der Waals surface area (Å²) in [6.07, 6.45) is 2.22. The fraction of sp³-hybridized carbons (Fsp3) is 0.250. The van der Waals surface area contributed by atoms with Gasteiger partial charge in [-0.2, -0.15) is 0 Å². The van der Waals surface area contributed by atoms with Crippen molar-refractivity contribution in [3.8, 4) is 5.75 Å². The molecule has 0 saturated heterocycles. The number of pyridine rings is 1. The molecule has 0 radical (unpaired) electrons. The fourth-order valence-electron chi connectivity index (χ4n) is 0.699. The van der Waals surface area contributed by atoms with Gasteiger partial charge in [0.25, 0.3) is 0 Å². The molecule has 0 fully saturated rings. The fourth-order valence-corrected chi connectivity index (χ4v) is 1.04. The molecule has 1 aromatic heterocycles. The number of carbonyl (C=O) groups is 1. The van der Waals surface area contributed by atoms with Crippen molar-refractivity contribution in [1.82, 2.24) is 4.98 Å². The molecule has 1 aromatic rings. The van der Waals surface area contributed by atoms with Crippen LogP contribution >= 0.6 is 15.9 Å². The van der Waals surface area contributed by atoms with Gasteiger partial charge in [-0.05, 0) is 28.9 Å². The van der Waals surface area contributed by atoms with Crippen molar-refractivity contribution >= 4 is 21.9 Å². The molecule has 1 unspecified atom stereocenters. The summed E-state index contributed by atoms with van der Waals surface area (Å²) in [6, 6.07) is 1.60. The maximum Gasteiger partial charge on any atom is 0.344 e. The summed E-state index contributed by atoms with van der Waals surface area (Å²) >= 11 is 3.19. The van der Waals surface area contributed by atoms with Crippen LogP contribution in [0.5, 0.6) is 5.75 Å². The Morgan fingerprint density at radius 3 is 3.00 bits per heavy atom. The van der Waals surface area contributed by atoms with Crippen LogP contribution in [0.4, 0.5) is 0 Å². The highest BCUT2D eigenvalue weighted by molar-refractivity contribution is 9.10. The number of halogens is 1. The van der Waals surface area contributed by atoms with Gasteiger partial charge in [-0.15, -0.1) is 0 Å². The average molecular weight is 246 g/mol. The maximum atomic E-state index is 10.5. The molecular weight excluding hydrogens is 238 g/mol. The van der Waals surface area contributed by atoms with E-state index in [1.807, 2.05) is 0 Å². The number of rotatable bonds is 3. The van der Waals surface area contributed by atoms with Crippen LogP contribution < -0.4 is 4.74 Å². The quantitative estimate of drug-likeness (QED) is 0.881. The van der Waals surface area contributed by atoms with Crippen LogP contribution in [0.1, 0.15) is 6.92 Å². The van der Waals surface area contributed by atoms with Gasteiger partial charge in [0.1, 0.15) is 5.75 Å². The standard InChI is InChI=1S/C8H8BrNO3/c1-5(8(11)12)13-7-2-3-10-4-6(7)9/h2-5H,1H3,(H,11,12). The average Bonchev–Trinajstić information content (AvgIpc) is 2.08. The lowest BCUT2D eigenvalue weighted by molar-refractivity contribution is -0.144. The maximum absolute atomic E-state index is 10.5. The monoisotopic (exact) mass is 245 g/mol. The second-order valence-electron chi connectivity index (χ2n) is 2.40. The van der Waals surface area contributed by atoms with Crippen LogP contribution in [0.3, 0.4) is 0 Å². The van der Waals surface area contributed by atoms with Gasteiger partial charge in [-0.3, -0.25) is 4.98 Å². The van der Waals surface area contributed by atoms with Gasteiger partial charge >= 0.3 is 5.97 Å². The van der Waals surface area contributed by atoms with E-state index in [9.17, 15) is 4.79 Å². The molecule has 0 spiro atoms. The first-order valence-corrected chi connectivity index (χ1v) is 4.39. The van der Waals surface area contributed by atoms with E-state index in [2.05, 4.69) is 20.9 Å². The number of carboxylic acids is 1. The van der Waals surface area contributed by atoms with Crippen LogP contribution in [-0.2, 0) is 4.79 Å². The summed E-state index contributed by atoms with van der Waals surface area (Å²) in [5, 5.41) is 8.58. The SMILES string of the molecule is CC(Oc1ccncc1Br)C(=O)O. The zero-order chi connectivity index (χ0) is 9.84. The van der Waals surface area contributed by atoms with Crippen LogP contribution in [0.25, 0.3) is 0 Å². The Labute approximate surface area is 83.7 Å². The first-order chi connectivity index (χ1) is 6.11. The predicted molar refractivity (Wildman–Crippen MR) is 49.7 cm³/mol. The van der Waals surface area contributed by atoms with Crippen molar-refractivity contribution in [1.29, 1.82) is 0 Å². The zero-order valence-electron chi connectivity index (χ0n) is 6.90. The summed E-state index contributed by atoms with van der Waals surface area (Å²) in [5.41, 5.74) is 0. The van der Waals surface area contributed by atoms with E-state index in [1.54, 1.807) is 12.3 Å². The number of carboxylic acid groups (broad SMARTS) is 1. The predicted octanol–water partition coefficient (Wildman–Crippen LogP) is 1.70. The summed E-state index contributed by atoms with van der Waals surface area (Å²) in [5.74, 6) is -0.520. The topological polar surface area (TPSA) is 59.4 Å². The second kappa shape index (κ2) is 4.23. The van der Waals surface area contributed by atoms with Crippen LogP contribution in [0, 0.1) is 0 Å². The Hall–Kier alpha value is -1.10. The van der Waals surface area contributed by atoms with Crippen LogP contribution in [0.2, 0.25) is 0 Å². The first-order valence-electron chi connectivity index (χ1n) is 3.60. The van der Waals surface area contributed by atoms with Crippen LogP contribution in [0.15, 0.2) is 22.9 Å². The van der Waals surface area contributed by atoms with E-state index in [4.69, 9.17) is 9.84 Å². The minimum Gasteiger partial charge on any atom is -0.479 e. The summed E-state index contributed by atoms with van der Waals surface area (Å²) in [7, 11) is 0. The van der Waals surface area contributed by atoms with Gasteiger partial charge < -0.3 is 9.84 Å². The van der Waals surface area contributed by atoms with Gasteiger partial charge in [-0.1, -0.05) is 0 Å². The molecule has 13 heavy (non-hydrogen) atoms. The molecular formula is C8H8BrNO3. The lowest BCUT2D eigenvalue weighted by Crippen LogP contribution is -2.23. The summed E-state index contributed by atoms with van der Waals surface area (Å²) in [4.78, 5) is 14.3. The highest BCUT2D eigenvalue weighted by Crippen LogP contribution is 2.23. The molecule has 0 aliphatic carbocycles. The van der Waals surface area contributed by atoms with Gasteiger partial charge in [0.05, 0.1) is 4.47 Å². The smallest absolute Gasteiger partial charge is 0.344 e. The number of hydrogen-bond donors (Lipinski definition) is 1. The Bertz CT molecular complexity index is 316. The van der Waals surface area contributed by atoms with E-state index in [0.717, 1.165) is 0 Å². The minimum atomic E-state index is -0.997. The van der Waals surface area contributed by atoms with Gasteiger partial charge in [0.15, 0.2) is 6.10 Å². The van der Waals surface area contributed by atoms with Gasteiger partial charge in [0.2, 0.25) is 0 Å². The first kappa shape index (κ1) is 9.98. The van der Waals surface area contributed by atoms with Crippen molar-refractivity contribution in [2.75, 3.05) is 0 Å². The minimum absolute atomic E-state index is 0.477. The Balaban J connectivity index is 2.74. The Kier molecular flexibility index (Phi) is 3.25. The summed E-state index contributed by atoms with van der Waals surface area (Å²) < 4.78 is 5.76. The van der Waals surface area contributed by atoms with E-state index in [0.29, 0.717) is 10.2 Å². The third kappa shape index (κ3) is 2.69. The zero-order valence-corrected chi connectivity index (χ0v) is 8.48. The van der Waals surface area contributed by atoms with E-state index >= 15 is 0 Å². The van der Waals surface area contributed by atoms with Crippen molar-refractivity contribution in [2.45, 2.75) is 13.0 Å². The largest absolute Gasteiger partial charge is 0.479 e. The van der Waals surface area contributed by atoms with Crippen molar-refractivity contribution in [3.63, 3.8) is 0 Å². The third-order valence-electron chi connectivity index (χ3n) is 1.39. The van der Waals surface area contributed by atoms with E-state index in [-0.39, 0.29) is 0 Å². The lowest BCUT2D eigenvalue weighted by atomic mass is 10.4. The molecule has 1 rings (SSSR count). The van der Waals surface area contributed by atoms with Crippen LogP contribution in [-0.4, -0.2) is 22.2 Å². The molecule has 0 amide bonds. The molecule has 0 saturated carbocycles.